The molecule has 7 nitrogen and oxygen atoms in total. The number of benzene rings is 2. The predicted molar refractivity (Wildman–Crippen MR) is 125 cm³/mol. The van der Waals surface area contributed by atoms with Crippen LogP contribution < -0.4 is 16.8 Å². The number of carbonyl (C=O) groups is 2. The van der Waals surface area contributed by atoms with Crippen molar-refractivity contribution in [2.24, 2.45) is 11.1 Å². The third kappa shape index (κ3) is 3.66. The summed E-state index contributed by atoms with van der Waals surface area (Å²) in [6.45, 7) is 5.58. The summed E-state index contributed by atoms with van der Waals surface area (Å²) in [6.07, 6.45) is 1.71. The second-order valence-corrected chi connectivity index (χ2v) is 8.64. The molecule has 164 valence electrons. The monoisotopic (exact) mass is 430 g/mol. The molecule has 0 atom stereocenters. The van der Waals surface area contributed by atoms with Crippen LogP contribution in [0.5, 0.6) is 5.75 Å². The van der Waals surface area contributed by atoms with Gasteiger partial charge in [0.15, 0.2) is 0 Å². The zero-order valence-corrected chi connectivity index (χ0v) is 18.3. The number of nitrogens with two attached hydrogens (primary N) is 2. The number of primary amides is 1. The van der Waals surface area contributed by atoms with Gasteiger partial charge >= 0.3 is 0 Å². The molecule has 1 aliphatic carbocycles. The number of aromatic nitrogens is 1. The van der Waals surface area contributed by atoms with Crippen molar-refractivity contribution in [1.29, 1.82) is 0 Å². The number of phenolic OH excluding ortho intramolecular Hbond substituents is 1. The molecule has 1 heterocycles. The molecule has 2 amide bonds. The number of phenols is 1. The van der Waals surface area contributed by atoms with Crippen molar-refractivity contribution in [3.05, 3.63) is 59.2 Å². The Morgan fingerprint density at radius 2 is 1.81 bits per heavy atom. The summed E-state index contributed by atoms with van der Waals surface area (Å²) in [6, 6.07) is 12.2. The molecule has 1 saturated carbocycles. The predicted octanol–water partition coefficient (Wildman–Crippen LogP) is 4.16. The van der Waals surface area contributed by atoms with Crippen LogP contribution in [0.15, 0.2) is 42.5 Å². The van der Waals surface area contributed by atoms with E-state index in [0.29, 0.717) is 33.8 Å². The number of nitrogens with one attached hydrogen (secondary N) is 1. The van der Waals surface area contributed by atoms with Crippen LogP contribution in [0, 0.1) is 19.3 Å². The van der Waals surface area contributed by atoms with Gasteiger partial charge < -0.3 is 21.9 Å². The van der Waals surface area contributed by atoms with Crippen molar-refractivity contribution < 1.29 is 14.7 Å². The van der Waals surface area contributed by atoms with Gasteiger partial charge in [0.05, 0.1) is 28.3 Å². The third-order valence-corrected chi connectivity index (χ3v) is 6.21. The van der Waals surface area contributed by atoms with Crippen LogP contribution in [-0.2, 0) is 4.79 Å². The first kappa shape index (κ1) is 21.4. The summed E-state index contributed by atoms with van der Waals surface area (Å²) in [5, 5.41) is 13.3. The van der Waals surface area contributed by atoms with Gasteiger partial charge in [-0.15, -0.1) is 0 Å². The van der Waals surface area contributed by atoms with Crippen LogP contribution in [-0.4, -0.2) is 21.9 Å². The number of para-hydroxylation sites is 1. The fourth-order valence-electron chi connectivity index (χ4n) is 3.79. The SMILES string of the molecule is Cc1ccc(O)c(C)c1-c1nc(-c2ccccc2NC(=O)C2(C)CC2)cc(C(N)=O)c1N. The fourth-order valence-corrected chi connectivity index (χ4v) is 3.79. The number of nitrogen functional groups attached to an aromatic ring is 1. The molecule has 1 aliphatic rings. The van der Waals surface area contributed by atoms with E-state index in [1.54, 1.807) is 31.2 Å². The molecule has 4 rings (SSSR count). The lowest BCUT2D eigenvalue weighted by atomic mass is 9.95. The number of hydrogen-bond donors (Lipinski definition) is 4. The Labute approximate surface area is 186 Å². The number of nitrogens with zero attached hydrogens (tertiary/aromatic N) is 1. The Morgan fingerprint density at radius 3 is 2.47 bits per heavy atom. The highest BCUT2D eigenvalue weighted by Crippen LogP contribution is 2.46. The van der Waals surface area contributed by atoms with Crippen LogP contribution in [0.2, 0.25) is 0 Å². The first-order valence-electron chi connectivity index (χ1n) is 10.4. The summed E-state index contributed by atoms with van der Waals surface area (Å²) < 4.78 is 0. The first-order valence-corrected chi connectivity index (χ1v) is 10.4. The second kappa shape index (κ2) is 7.67. The van der Waals surface area contributed by atoms with Gasteiger partial charge in [-0.1, -0.05) is 31.2 Å². The summed E-state index contributed by atoms with van der Waals surface area (Å²) in [5.41, 5.74) is 16.0. The number of hydrogen-bond acceptors (Lipinski definition) is 5. The van der Waals surface area contributed by atoms with E-state index in [1.165, 1.54) is 0 Å². The molecule has 3 aromatic rings. The molecule has 32 heavy (non-hydrogen) atoms. The number of carbonyl (C=O) groups excluding carboxylic acids is 2. The number of pyridine rings is 1. The van der Waals surface area contributed by atoms with E-state index in [2.05, 4.69) is 5.32 Å². The van der Waals surface area contributed by atoms with E-state index in [-0.39, 0.29) is 28.3 Å². The lowest BCUT2D eigenvalue weighted by molar-refractivity contribution is -0.120. The molecule has 1 aromatic heterocycles. The van der Waals surface area contributed by atoms with Crippen molar-refractivity contribution >= 4 is 23.2 Å². The standard InChI is InChI=1S/C25H26N4O3/c1-13-8-9-19(30)14(2)20(13)22-21(26)16(23(27)31)12-18(28-22)15-6-4-5-7-17(15)29-24(32)25(3)10-11-25/h4-9,12,30H,10-11,26H2,1-3H3,(H2,27,31)(H,29,32). The molecule has 0 bridgehead atoms. The highest BCUT2D eigenvalue weighted by atomic mass is 16.3. The third-order valence-electron chi connectivity index (χ3n) is 6.21. The van der Waals surface area contributed by atoms with E-state index < -0.39 is 5.91 Å². The summed E-state index contributed by atoms with van der Waals surface area (Å²) >= 11 is 0. The number of aromatic hydroxyl groups is 1. The van der Waals surface area contributed by atoms with E-state index in [1.807, 2.05) is 32.0 Å². The van der Waals surface area contributed by atoms with E-state index in [0.717, 1.165) is 18.4 Å². The first-order chi connectivity index (χ1) is 15.1. The van der Waals surface area contributed by atoms with Crippen molar-refractivity contribution in [3.8, 4) is 28.3 Å². The van der Waals surface area contributed by atoms with Gasteiger partial charge in [0.25, 0.3) is 5.91 Å². The van der Waals surface area contributed by atoms with Gasteiger partial charge in [0.1, 0.15) is 5.75 Å². The molecule has 0 saturated heterocycles. The number of anilines is 2. The number of rotatable bonds is 5. The highest BCUT2D eigenvalue weighted by Gasteiger charge is 2.45. The van der Waals surface area contributed by atoms with Crippen molar-refractivity contribution in [2.75, 3.05) is 11.1 Å². The lowest BCUT2D eigenvalue weighted by Crippen LogP contribution is -2.21. The van der Waals surface area contributed by atoms with Gasteiger partial charge in [0, 0.05) is 22.1 Å². The minimum absolute atomic E-state index is 0.0459. The van der Waals surface area contributed by atoms with E-state index in [9.17, 15) is 14.7 Å². The summed E-state index contributed by atoms with van der Waals surface area (Å²) in [5.74, 6) is -0.631. The molecule has 1 fully saturated rings. The van der Waals surface area contributed by atoms with Gasteiger partial charge in [0.2, 0.25) is 5.91 Å². The number of amides is 2. The second-order valence-electron chi connectivity index (χ2n) is 8.64. The quantitative estimate of drug-likeness (QED) is 0.483. The Bertz CT molecular complexity index is 1260. The molecule has 0 unspecified atom stereocenters. The molecule has 7 heteroatoms. The normalized spacial score (nSPS) is 14.1. The van der Waals surface area contributed by atoms with E-state index >= 15 is 0 Å². The molecular formula is C25H26N4O3. The maximum atomic E-state index is 12.7. The molecule has 0 aliphatic heterocycles. The maximum Gasteiger partial charge on any atom is 0.250 e. The summed E-state index contributed by atoms with van der Waals surface area (Å²) in [7, 11) is 0. The van der Waals surface area contributed by atoms with Crippen LogP contribution >= 0.6 is 0 Å². The van der Waals surface area contributed by atoms with Gasteiger partial charge in [-0.05, 0) is 50.5 Å². The van der Waals surface area contributed by atoms with Gasteiger partial charge in [-0.3, -0.25) is 9.59 Å². The average Bonchev–Trinajstić information content (AvgIpc) is 3.51. The van der Waals surface area contributed by atoms with Gasteiger partial charge in [-0.25, -0.2) is 4.98 Å². The molecule has 6 N–H and O–H groups in total. The minimum atomic E-state index is -0.685. The average molecular weight is 431 g/mol. The van der Waals surface area contributed by atoms with E-state index in [4.69, 9.17) is 16.5 Å². The topological polar surface area (TPSA) is 131 Å². The smallest absolute Gasteiger partial charge is 0.250 e. The molecular weight excluding hydrogens is 404 g/mol. The fraction of sp³-hybridized carbons (Fsp3) is 0.240. The summed E-state index contributed by atoms with van der Waals surface area (Å²) in [4.78, 5) is 29.7. The van der Waals surface area contributed by atoms with Crippen LogP contribution in [0.3, 0.4) is 0 Å². The van der Waals surface area contributed by atoms with Crippen LogP contribution in [0.4, 0.5) is 11.4 Å². The lowest BCUT2D eigenvalue weighted by Gasteiger charge is -2.18. The minimum Gasteiger partial charge on any atom is -0.508 e. The number of aryl methyl sites for hydroxylation is 1. The molecule has 0 radical (unpaired) electrons. The Balaban J connectivity index is 1.92. The van der Waals surface area contributed by atoms with Crippen LogP contribution in [0.1, 0.15) is 41.3 Å². The van der Waals surface area contributed by atoms with Crippen molar-refractivity contribution in [1.82, 2.24) is 4.98 Å². The van der Waals surface area contributed by atoms with Gasteiger partial charge in [-0.2, -0.15) is 0 Å². The maximum absolute atomic E-state index is 12.7. The van der Waals surface area contributed by atoms with Crippen LogP contribution in [0.25, 0.3) is 22.5 Å². The van der Waals surface area contributed by atoms with Crippen molar-refractivity contribution in [3.63, 3.8) is 0 Å². The largest absolute Gasteiger partial charge is 0.508 e. The van der Waals surface area contributed by atoms with Crippen molar-refractivity contribution in [2.45, 2.75) is 33.6 Å². The zero-order valence-electron chi connectivity index (χ0n) is 18.3. The Hall–Kier alpha value is -3.87. The Kier molecular flexibility index (Phi) is 5.12. The zero-order chi connectivity index (χ0) is 23.2. The molecule has 0 spiro atoms. The highest BCUT2D eigenvalue weighted by molar-refractivity contribution is 6.04. The molecule has 2 aromatic carbocycles. The Morgan fingerprint density at radius 1 is 1.12 bits per heavy atom.